The monoisotopic (exact) mass is 189 g/mol. The maximum absolute atomic E-state index is 5.63. The molecule has 0 aromatic heterocycles. The molecule has 0 amide bonds. The maximum Gasteiger partial charge on any atom is 0.135 e. The number of hydrogen-bond donors (Lipinski definition) is 1. The lowest BCUT2D eigenvalue weighted by Gasteiger charge is -2.26. The number of fused-ring (bicyclic) bond motifs is 1. The Bertz CT molecular complexity index is 322. The first kappa shape index (κ1) is 9.44. The van der Waals surface area contributed by atoms with Crippen LogP contribution in [0.5, 0.6) is 0 Å². The van der Waals surface area contributed by atoms with E-state index in [-0.39, 0.29) is 6.23 Å². The van der Waals surface area contributed by atoms with Crippen molar-refractivity contribution in [3.63, 3.8) is 0 Å². The normalized spacial score (nSPS) is 20.1. The molecule has 1 aliphatic heterocycles. The Morgan fingerprint density at radius 3 is 3.21 bits per heavy atom. The van der Waals surface area contributed by atoms with Crippen LogP contribution in [0.4, 0.5) is 0 Å². The van der Waals surface area contributed by atoms with Crippen molar-refractivity contribution in [3.8, 4) is 0 Å². The van der Waals surface area contributed by atoms with Gasteiger partial charge in [0.1, 0.15) is 6.23 Å². The van der Waals surface area contributed by atoms with Crippen molar-refractivity contribution in [2.75, 3.05) is 13.2 Å². The third-order valence-corrected chi connectivity index (χ3v) is 2.44. The van der Waals surface area contributed by atoms with Gasteiger partial charge in [-0.15, -0.1) is 6.58 Å². The van der Waals surface area contributed by atoms with Crippen LogP contribution >= 0.6 is 0 Å². The summed E-state index contributed by atoms with van der Waals surface area (Å²) in [7, 11) is 0. The molecule has 0 spiro atoms. The summed E-state index contributed by atoms with van der Waals surface area (Å²) < 4.78 is 5.63. The Morgan fingerprint density at radius 2 is 2.36 bits per heavy atom. The SMILES string of the molecule is C=CCOC1NCCc2ccccc21. The summed E-state index contributed by atoms with van der Waals surface area (Å²) in [5.41, 5.74) is 2.65. The van der Waals surface area contributed by atoms with E-state index >= 15 is 0 Å². The Morgan fingerprint density at radius 1 is 1.50 bits per heavy atom. The quantitative estimate of drug-likeness (QED) is 0.735. The van der Waals surface area contributed by atoms with Crippen LogP contribution in [-0.4, -0.2) is 13.2 Å². The van der Waals surface area contributed by atoms with Gasteiger partial charge in [0, 0.05) is 6.54 Å². The van der Waals surface area contributed by atoms with Gasteiger partial charge in [0.25, 0.3) is 0 Å². The molecule has 14 heavy (non-hydrogen) atoms. The minimum Gasteiger partial charge on any atom is -0.355 e. The van der Waals surface area contributed by atoms with Crippen molar-refractivity contribution in [1.29, 1.82) is 0 Å². The molecular formula is C12H15NO. The molecule has 2 nitrogen and oxygen atoms in total. The molecule has 0 saturated carbocycles. The summed E-state index contributed by atoms with van der Waals surface area (Å²) in [5.74, 6) is 0. The lowest BCUT2D eigenvalue weighted by atomic mass is 10.00. The summed E-state index contributed by atoms with van der Waals surface area (Å²) in [5, 5.41) is 3.34. The Hall–Kier alpha value is -1.12. The first-order valence-electron chi connectivity index (χ1n) is 4.95. The molecule has 1 heterocycles. The Labute approximate surface area is 84.6 Å². The molecule has 2 rings (SSSR count). The van der Waals surface area contributed by atoms with Crippen molar-refractivity contribution in [3.05, 3.63) is 48.0 Å². The number of rotatable bonds is 3. The fourth-order valence-electron chi connectivity index (χ4n) is 1.78. The van der Waals surface area contributed by atoms with Gasteiger partial charge in [0.15, 0.2) is 0 Å². The second-order valence-electron chi connectivity index (χ2n) is 3.40. The summed E-state index contributed by atoms with van der Waals surface area (Å²) in [6.07, 6.45) is 2.90. The van der Waals surface area contributed by atoms with Gasteiger partial charge in [-0.05, 0) is 17.5 Å². The van der Waals surface area contributed by atoms with E-state index in [0.717, 1.165) is 13.0 Å². The molecule has 1 aromatic carbocycles. The number of ether oxygens (including phenoxy) is 1. The van der Waals surface area contributed by atoms with E-state index in [2.05, 4.69) is 36.2 Å². The average Bonchev–Trinajstić information content (AvgIpc) is 2.26. The van der Waals surface area contributed by atoms with Gasteiger partial charge in [-0.1, -0.05) is 30.3 Å². The molecule has 0 bridgehead atoms. The number of benzene rings is 1. The Balaban J connectivity index is 2.17. The lowest BCUT2D eigenvalue weighted by Crippen LogP contribution is -2.31. The van der Waals surface area contributed by atoms with Gasteiger partial charge < -0.3 is 4.74 Å². The molecule has 0 aliphatic carbocycles. The predicted octanol–water partition coefficient (Wildman–Crippen LogP) is 2.03. The van der Waals surface area contributed by atoms with Crippen molar-refractivity contribution < 1.29 is 4.74 Å². The van der Waals surface area contributed by atoms with Crippen LogP contribution in [0.3, 0.4) is 0 Å². The third kappa shape index (κ3) is 1.86. The van der Waals surface area contributed by atoms with Crippen molar-refractivity contribution in [2.24, 2.45) is 0 Å². The van der Waals surface area contributed by atoms with Gasteiger partial charge in [-0.3, -0.25) is 5.32 Å². The first-order chi connectivity index (χ1) is 6.92. The van der Waals surface area contributed by atoms with Crippen LogP contribution < -0.4 is 5.32 Å². The molecule has 1 atom stereocenters. The molecule has 0 saturated heterocycles. The highest BCUT2D eigenvalue weighted by Gasteiger charge is 2.18. The number of nitrogens with one attached hydrogen (secondary N) is 1. The summed E-state index contributed by atoms with van der Waals surface area (Å²) in [6.45, 7) is 5.22. The molecule has 74 valence electrons. The van der Waals surface area contributed by atoms with Crippen molar-refractivity contribution in [1.82, 2.24) is 5.32 Å². The highest BCUT2D eigenvalue weighted by atomic mass is 16.5. The minimum atomic E-state index is 0.0398. The second kappa shape index (κ2) is 4.40. The molecule has 1 aliphatic rings. The molecule has 0 radical (unpaired) electrons. The third-order valence-electron chi connectivity index (χ3n) is 2.44. The van der Waals surface area contributed by atoms with Gasteiger partial charge in [0.2, 0.25) is 0 Å². The van der Waals surface area contributed by atoms with E-state index in [0.29, 0.717) is 6.61 Å². The fourth-order valence-corrected chi connectivity index (χ4v) is 1.78. The fraction of sp³-hybridized carbons (Fsp3) is 0.333. The van der Waals surface area contributed by atoms with E-state index < -0.39 is 0 Å². The van der Waals surface area contributed by atoms with E-state index in [1.165, 1.54) is 11.1 Å². The zero-order valence-corrected chi connectivity index (χ0v) is 8.20. The van der Waals surface area contributed by atoms with Gasteiger partial charge in [0.05, 0.1) is 6.61 Å². The molecule has 0 fully saturated rings. The van der Waals surface area contributed by atoms with Crippen LogP contribution in [0.1, 0.15) is 17.4 Å². The van der Waals surface area contributed by atoms with Gasteiger partial charge >= 0.3 is 0 Å². The average molecular weight is 189 g/mol. The zero-order chi connectivity index (χ0) is 9.80. The second-order valence-corrected chi connectivity index (χ2v) is 3.40. The largest absolute Gasteiger partial charge is 0.355 e. The maximum atomic E-state index is 5.63. The summed E-state index contributed by atoms with van der Waals surface area (Å²) in [6, 6.07) is 8.42. The minimum absolute atomic E-state index is 0.0398. The molecule has 1 unspecified atom stereocenters. The van der Waals surface area contributed by atoms with E-state index in [1.807, 2.05) is 0 Å². The molecule has 1 aromatic rings. The summed E-state index contributed by atoms with van der Waals surface area (Å²) >= 11 is 0. The standard InChI is InChI=1S/C12H15NO/c1-2-9-14-12-11-6-4-3-5-10(11)7-8-13-12/h2-6,12-13H,1,7-9H2. The lowest BCUT2D eigenvalue weighted by molar-refractivity contribution is 0.0431. The van der Waals surface area contributed by atoms with E-state index in [4.69, 9.17) is 4.74 Å². The van der Waals surface area contributed by atoms with Crippen molar-refractivity contribution in [2.45, 2.75) is 12.6 Å². The van der Waals surface area contributed by atoms with Crippen LogP contribution in [0, 0.1) is 0 Å². The molecule has 2 heteroatoms. The van der Waals surface area contributed by atoms with Gasteiger partial charge in [-0.2, -0.15) is 0 Å². The highest BCUT2D eigenvalue weighted by molar-refractivity contribution is 5.31. The van der Waals surface area contributed by atoms with Crippen LogP contribution in [0.15, 0.2) is 36.9 Å². The van der Waals surface area contributed by atoms with Crippen LogP contribution in [-0.2, 0) is 11.2 Å². The molecular weight excluding hydrogens is 174 g/mol. The highest BCUT2D eigenvalue weighted by Crippen LogP contribution is 2.23. The number of hydrogen-bond acceptors (Lipinski definition) is 2. The summed E-state index contributed by atoms with van der Waals surface area (Å²) in [4.78, 5) is 0. The zero-order valence-electron chi connectivity index (χ0n) is 8.20. The van der Waals surface area contributed by atoms with Crippen molar-refractivity contribution >= 4 is 0 Å². The smallest absolute Gasteiger partial charge is 0.135 e. The van der Waals surface area contributed by atoms with Crippen LogP contribution in [0.2, 0.25) is 0 Å². The Kier molecular flexibility index (Phi) is 2.96. The molecule has 1 N–H and O–H groups in total. The van der Waals surface area contributed by atoms with Crippen LogP contribution in [0.25, 0.3) is 0 Å². The predicted molar refractivity (Wildman–Crippen MR) is 57.0 cm³/mol. The van der Waals surface area contributed by atoms with Gasteiger partial charge in [-0.25, -0.2) is 0 Å². The topological polar surface area (TPSA) is 21.3 Å². The van der Waals surface area contributed by atoms with E-state index in [1.54, 1.807) is 6.08 Å². The van der Waals surface area contributed by atoms with E-state index in [9.17, 15) is 0 Å². The first-order valence-corrected chi connectivity index (χ1v) is 4.95.